The summed E-state index contributed by atoms with van der Waals surface area (Å²) in [6.07, 6.45) is 3.13. The smallest absolute Gasteiger partial charge is 0.150 e. The first-order chi connectivity index (χ1) is 8.55. The Morgan fingerprint density at radius 3 is 2.94 bits per heavy atom. The van der Waals surface area contributed by atoms with Gasteiger partial charge in [0.05, 0.1) is 11.5 Å². The van der Waals surface area contributed by atoms with E-state index in [1.165, 1.54) is 0 Å². The van der Waals surface area contributed by atoms with Crippen molar-refractivity contribution in [1.29, 1.82) is 0 Å². The molecule has 1 saturated heterocycles. The molecule has 5 nitrogen and oxygen atoms in total. The number of hydrogen-bond donors (Lipinski definition) is 0. The summed E-state index contributed by atoms with van der Waals surface area (Å²) in [5.74, 6) is 2.17. The monoisotopic (exact) mass is 335 g/mol. The third-order valence-electron chi connectivity index (χ3n) is 3.57. The summed E-state index contributed by atoms with van der Waals surface area (Å²) in [6, 6.07) is 0. The quantitative estimate of drug-likeness (QED) is 0.760. The second kappa shape index (κ2) is 5.69. The van der Waals surface area contributed by atoms with E-state index in [-0.39, 0.29) is 5.92 Å². The van der Waals surface area contributed by atoms with Crippen molar-refractivity contribution >= 4 is 25.8 Å². The summed E-state index contributed by atoms with van der Waals surface area (Å²) in [6.45, 7) is 2.83. The van der Waals surface area contributed by atoms with Gasteiger partial charge in [-0.05, 0) is 25.2 Å². The topological polar surface area (TPSA) is 64.8 Å². The van der Waals surface area contributed by atoms with E-state index < -0.39 is 9.84 Å². The molecule has 1 aromatic heterocycles. The Morgan fingerprint density at radius 1 is 1.61 bits per heavy atom. The molecule has 1 aliphatic rings. The van der Waals surface area contributed by atoms with Gasteiger partial charge in [-0.1, -0.05) is 15.9 Å². The molecule has 1 fully saturated rings. The zero-order valence-electron chi connectivity index (χ0n) is 10.4. The minimum Gasteiger partial charge on any atom is -0.250 e. The molecular formula is C11H18BrN3O2S. The number of rotatable bonds is 5. The van der Waals surface area contributed by atoms with Gasteiger partial charge in [-0.25, -0.2) is 13.4 Å². The second-order valence-electron chi connectivity index (χ2n) is 4.77. The Hall–Kier alpha value is -0.430. The summed E-state index contributed by atoms with van der Waals surface area (Å²) >= 11 is 3.50. The maximum Gasteiger partial charge on any atom is 0.150 e. The standard InChI is InChI=1S/C11H18BrN3O2S/c1-2-15-11(13-8-14-15)5-10(6-12)9-3-4-18(16,17)7-9/h8-10H,2-7H2,1H3. The molecule has 1 aromatic rings. The third kappa shape index (κ3) is 3.12. The van der Waals surface area contributed by atoms with Crippen molar-refractivity contribution in [3.8, 4) is 0 Å². The fourth-order valence-corrected chi connectivity index (χ4v) is 5.16. The molecule has 7 heteroatoms. The second-order valence-corrected chi connectivity index (χ2v) is 7.65. The van der Waals surface area contributed by atoms with Crippen LogP contribution in [0, 0.1) is 11.8 Å². The van der Waals surface area contributed by atoms with Crippen LogP contribution < -0.4 is 0 Å². The number of aromatic nitrogens is 3. The summed E-state index contributed by atoms with van der Waals surface area (Å²) < 4.78 is 25.0. The van der Waals surface area contributed by atoms with Crippen LogP contribution in [-0.2, 0) is 22.8 Å². The predicted molar refractivity (Wildman–Crippen MR) is 73.4 cm³/mol. The summed E-state index contributed by atoms with van der Waals surface area (Å²) in [7, 11) is -2.81. The lowest BCUT2D eigenvalue weighted by Crippen LogP contribution is -2.22. The van der Waals surface area contributed by atoms with Crippen LogP contribution in [0.1, 0.15) is 19.2 Å². The maximum absolute atomic E-state index is 11.5. The van der Waals surface area contributed by atoms with Gasteiger partial charge >= 0.3 is 0 Å². The average molecular weight is 336 g/mol. The van der Waals surface area contributed by atoms with Gasteiger partial charge in [0.25, 0.3) is 0 Å². The van der Waals surface area contributed by atoms with Gasteiger partial charge in [0.1, 0.15) is 12.2 Å². The molecule has 1 aliphatic heterocycles. The van der Waals surface area contributed by atoms with Crippen LogP contribution in [-0.4, -0.2) is 40.0 Å². The van der Waals surface area contributed by atoms with Crippen LogP contribution in [0.5, 0.6) is 0 Å². The molecule has 2 rings (SSSR count). The molecule has 0 bridgehead atoms. The van der Waals surface area contributed by atoms with Crippen LogP contribution >= 0.6 is 15.9 Å². The molecule has 2 heterocycles. The van der Waals surface area contributed by atoms with Gasteiger partial charge in [0, 0.05) is 18.3 Å². The highest BCUT2D eigenvalue weighted by atomic mass is 79.9. The van der Waals surface area contributed by atoms with Crippen molar-refractivity contribution in [2.45, 2.75) is 26.3 Å². The number of halogens is 1. The van der Waals surface area contributed by atoms with Gasteiger partial charge in [0.15, 0.2) is 9.84 Å². The molecule has 0 aliphatic carbocycles. The van der Waals surface area contributed by atoms with Crippen molar-refractivity contribution in [3.05, 3.63) is 12.2 Å². The van der Waals surface area contributed by atoms with E-state index in [4.69, 9.17) is 0 Å². The number of alkyl halides is 1. The lowest BCUT2D eigenvalue weighted by Gasteiger charge is -2.19. The third-order valence-corrected chi connectivity index (χ3v) is 6.20. The van der Waals surface area contributed by atoms with Crippen molar-refractivity contribution in [3.63, 3.8) is 0 Å². The van der Waals surface area contributed by atoms with Crippen molar-refractivity contribution in [1.82, 2.24) is 14.8 Å². The van der Waals surface area contributed by atoms with Gasteiger partial charge in [-0.15, -0.1) is 0 Å². The highest BCUT2D eigenvalue weighted by Gasteiger charge is 2.33. The molecule has 0 N–H and O–H groups in total. The van der Waals surface area contributed by atoms with Gasteiger partial charge in [0.2, 0.25) is 0 Å². The number of nitrogens with zero attached hydrogens (tertiary/aromatic N) is 3. The van der Waals surface area contributed by atoms with Crippen molar-refractivity contribution < 1.29 is 8.42 Å². The van der Waals surface area contributed by atoms with E-state index in [2.05, 4.69) is 26.0 Å². The number of hydrogen-bond acceptors (Lipinski definition) is 4. The molecular weight excluding hydrogens is 318 g/mol. The molecule has 0 saturated carbocycles. The minimum atomic E-state index is -2.81. The van der Waals surface area contributed by atoms with Crippen molar-refractivity contribution in [2.75, 3.05) is 16.8 Å². The first-order valence-electron chi connectivity index (χ1n) is 6.18. The van der Waals surface area contributed by atoms with Crippen LogP contribution in [0.3, 0.4) is 0 Å². The van der Waals surface area contributed by atoms with Gasteiger partial charge in [-0.2, -0.15) is 5.10 Å². The van der Waals surface area contributed by atoms with E-state index in [0.717, 1.165) is 30.5 Å². The average Bonchev–Trinajstić information content (AvgIpc) is 2.91. The molecule has 2 atom stereocenters. The highest BCUT2D eigenvalue weighted by Crippen LogP contribution is 2.29. The highest BCUT2D eigenvalue weighted by molar-refractivity contribution is 9.09. The summed E-state index contributed by atoms with van der Waals surface area (Å²) in [4.78, 5) is 4.26. The first kappa shape index (κ1) is 14.0. The SMILES string of the molecule is CCn1ncnc1CC(CBr)C1CCS(=O)(=O)C1. The molecule has 0 radical (unpaired) electrons. The zero-order chi connectivity index (χ0) is 13.2. The molecule has 0 aromatic carbocycles. The predicted octanol–water partition coefficient (Wildman–Crippen LogP) is 1.29. The van der Waals surface area contributed by atoms with E-state index in [9.17, 15) is 8.42 Å². The van der Waals surface area contributed by atoms with E-state index in [0.29, 0.717) is 17.4 Å². The zero-order valence-corrected chi connectivity index (χ0v) is 12.8. The fourth-order valence-electron chi connectivity index (χ4n) is 2.49. The Labute approximate surface area is 116 Å². The largest absolute Gasteiger partial charge is 0.250 e. The van der Waals surface area contributed by atoms with Crippen LogP contribution in [0.25, 0.3) is 0 Å². The molecule has 0 spiro atoms. The van der Waals surface area contributed by atoms with Crippen LogP contribution in [0.4, 0.5) is 0 Å². The molecule has 102 valence electrons. The fraction of sp³-hybridized carbons (Fsp3) is 0.818. The normalized spacial score (nSPS) is 24.2. The lowest BCUT2D eigenvalue weighted by molar-refractivity contribution is 0.387. The van der Waals surface area contributed by atoms with Gasteiger partial charge < -0.3 is 0 Å². The summed E-state index contributed by atoms with van der Waals surface area (Å²) in [5, 5.41) is 4.96. The molecule has 0 amide bonds. The first-order valence-corrected chi connectivity index (χ1v) is 9.13. The van der Waals surface area contributed by atoms with E-state index in [1.54, 1.807) is 6.33 Å². The Kier molecular flexibility index (Phi) is 4.42. The van der Waals surface area contributed by atoms with Crippen molar-refractivity contribution in [2.24, 2.45) is 11.8 Å². The van der Waals surface area contributed by atoms with E-state index in [1.807, 2.05) is 11.6 Å². The Balaban J connectivity index is 2.06. The lowest BCUT2D eigenvalue weighted by atomic mass is 9.90. The van der Waals surface area contributed by atoms with Crippen LogP contribution in [0.2, 0.25) is 0 Å². The molecule has 18 heavy (non-hydrogen) atoms. The van der Waals surface area contributed by atoms with Crippen LogP contribution in [0.15, 0.2) is 6.33 Å². The summed E-state index contributed by atoms with van der Waals surface area (Å²) in [5.41, 5.74) is 0. The number of aryl methyl sites for hydroxylation is 1. The molecule has 2 unspecified atom stereocenters. The Bertz CT molecular complexity index is 500. The number of sulfone groups is 1. The Morgan fingerprint density at radius 2 is 2.39 bits per heavy atom. The maximum atomic E-state index is 11.5. The van der Waals surface area contributed by atoms with E-state index >= 15 is 0 Å². The minimum absolute atomic E-state index is 0.247. The van der Waals surface area contributed by atoms with Gasteiger partial charge in [-0.3, -0.25) is 4.68 Å².